The number of rotatable bonds is 4. The zero-order chi connectivity index (χ0) is 16.4. The molecule has 4 heterocycles. The first kappa shape index (κ1) is 14.8. The number of aromatic nitrogens is 5. The van der Waals surface area contributed by atoms with Gasteiger partial charge in [0.05, 0.1) is 24.8 Å². The number of nitrogens with one attached hydrogen (secondary N) is 1. The van der Waals surface area contributed by atoms with Crippen LogP contribution in [0.2, 0.25) is 0 Å². The van der Waals surface area contributed by atoms with E-state index >= 15 is 0 Å². The van der Waals surface area contributed by atoms with E-state index in [-0.39, 0.29) is 0 Å². The van der Waals surface area contributed by atoms with Crippen LogP contribution >= 0.6 is 0 Å². The van der Waals surface area contributed by atoms with Gasteiger partial charge in [-0.15, -0.1) is 0 Å². The fourth-order valence-electron chi connectivity index (χ4n) is 2.82. The summed E-state index contributed by atoms with van der Waals surface area (Å²) in [6.45, 7) is 3.94. The highest BCUT2D eigenvalue weighted by Crippen LogP contribution is 2.19. The van der Waals surface area contributed by atoms with Crippen LogP contribution in [0.15, 0.2) is 30.9 Å². The minimum absolute atomic E-state index is 0.668. The van der Waals surface area contributed by atoms with Crippen LogP contribution in [0.25, 0.3) is 11.0 Å². The number of hydrogen-bond acceptors (Lipinski definition) is 7. The molecule has 8 nitrogen and oxygen atoms in total. The van der Waals surface area contributed by atoms with Crippen LogP contribution in [0.3, 0.4) is 0 Å². The lowest BCUT2D eigenvalue weighted by Crippen LogP contribution is -2.36. The van der Waals surface area contributed by atoms with E-state index in [1.54, 1.807) is 17.2 Å². The highest BCUT2D eigenvalue weighted by atomic mass is 16.5. The van der Waals surface area contributed by atoms with Gasteiger partial charge in [0, 0.05) is 32.9 Å². The van der Waals surface area contributed by atoms with Gasteiger partial charge in [0.2, 0.25) is 0 Å². The molecule has 8 heteroatoms. The smallest absolute Gasteiger partial charge is 0.163 e. The highest BCUT2D eigenvalue weighted by molar-refractivity contribution is 5.85. The van der Waals surface area contributed by atoms with E-state index in [9.17, 15) is 0 Å². The molecule has 1 N–H and O–H groups in total. The highest BCUT2D eigenvalue weighted by Gasteiger charge is 2.13. The maximum Gasteiger partial charge on any atom is 0.163 e. The monoisotopic (exact) mass is 325 g/mol. The number of morpholine rings is 1. The summed E-state index contributed by atoms with van der Waals surface area (Å²) < 4.78 is 7.14. The Hall–Kier alpha value is -2.74. The summed E-state index contributed by atoms with van der Waals surface area (Å²) in [5.41, 5.74) is 1.97. The maximum atomic E-state index is 5.40. The standard InChI is InChI=1S/C16H19N7O/c1-22-16-13(10-21-22)15(19-11-20-16)18-9-12-2-3-17-14(8-12)23-4-6-24-7-5-23/h2-3,8,10-11H,4-7,9H2,1H3,(H,18,19,20). The predicted molar refractivity (Wildman–Crippen MR) is 90.9 cm³/mol. The molecule has 1 aliphatic heterocycles. The average molecular weight is 325 g/mol. The zero-order valence-electron chi connectivity index (χ0n) is 13.5. The Morgan fingerprint density at radius 3 is 2.96 bits per heavy atom. The third kappa shape index (κ3) is 2.88. The van der Waals surface area contributed by atoms with Crippen LogP contribution in [0.4, 0.5) is 11.6 Å². The number of aryl methyl sites for hydroxylation is 1. The molecule has 0 spiro atoms. The average Bonchev–Trinajstić information content (AvgIpc) is 3.03. The minimum atomic E-state index is 0.668. The Kier molecular flexibility index (Phi) is 3.96. The molecule has 124 valence electrons. The quantitative estimate of drug-likeness (QED) is 0.772. The molecule has 0 radical (unpaired) electrons. The van der Waals surface area contributed by atoms with Crippen LogP contribution < -0.4 is 10.2 Å². The van der Waals surface area contributed by atoms with E-state index < -0.39 is 0 Å². The third-order valence-electron chi connectivity index (χ3n) is 4.13. The molecular weight excluding hydrogens is 306 g/mol. The van der Waals surface area contributed by atoms with Crippen molar-refractivity contribution in [3.8, 4) is 0 Å². The number of pyridine rings is 1. The second-order valence-electron chi connectivity index (χ2n) is 5.70. The van der Waals surface area contributed by atoms with Crippen molar-refractivity contribution >= 4 is 22.7 Å². The minimum Gasteiger partial charge on any atom is -0.378 e. The number of fused-ring (bicyclic) bond motifs is 1. The molecule has 1 fully saturated rings. The Bertz CT molecular complexity index is 841. The van der Waals surface area contributed by atoms with E-state index in [1.807, 2.05) is 19.3 Å². The normalized spacial score (nSPS) is 15.0. The molecule has 4 rings (SSSR count). The summed E-state index contributed by atoms with van der Waals surface area (Å²) in [5.74, 6) is 1.78. The summed E-state index contributed by atoms with van der Waals surface area (Å²) in [6, 6.07) is 4.12. The van der Waals surface area contributed by atoms with Gasteiger partial charge in [-0.3, -0.25) is 4.68 Å². The van der Waals surface area contributed by atoms with Crippen LogP contribution in [0, 0.1) is 0 Å². The predicted octanol–water partition coefficient (Wildman–Crippen LogP) is 1.21. The van der Waals surface area contributed by atoms with Crippen molar-refractivity contribution in [2.45, 2.75) is 6.54 Å². The van der Waals surface area contributed by atoms with E-state index in [1.165, 1.54) is 0 Å². The summed E-state index contributed by atoms with van der Waals surface area (Å²) in [6.07, 6.45) is 5.18. The first-order valence-electron chi connectivity index (χ1n) is 7.95. The number of anilines is 2. The van der Waals surface area contributed by atoms with Crippen molar-refractivity contribution in [2.24, 2.45) is 7.05 Å². The lowest BCUT2D eigenvalue weighted by molar-refractivity contribution is 0.122. The molecule has 24 heavy (non-hydrogen) atoms. The van der Waals surface area contributed by atoms with Gasteiger partial charge in [-0.25, -0.2) is 15.0 Å². The molecule has 3 aromatic heterocycles. The van der Waals surface area contributed by atoms with Crippen LogP contribution in [0.5, 0.6) is 0 Å². The first-order valence-corrected chi connectivity index (χ1v) is 7.95. The van der Waals surface area contributed by atoms with Gasteiger partial charge in [0.1, 0.15) is 18.0 Å². The van der Waals surface area contributed by atoms with Gasteiger partial charge in [0.25, 0.3) is 0 Å². The molecule has 0 atom stereocenters. The maximum absolute atomic E-state index is 5.40. The first-order chi connectivity index (χ1) is 11.8. The summed E-state index contributed by atoms with van der Waals surface area (Å²) in [4.78, 5) is 15.3. The zero-order valence-corrected chi connectivity index (χ0v) is 13.5. The Balaban J connectivity index is 1.51. The molecule has 0 bridgehead atoms. The summed E-state index contributed by atoms with van der Waals surface area (Å²) >= 11 is 0. The lowest BCUT2D eigenvalue weighted by atomic mass is 10.2. The molecule has 0 unspecified atom stereocenters. The van der Waals surface area contributed by atoms with E-state index in [4.69, 9.17) is 4.74 Å². The molecule has 0 aromatic carbocycles. The molecule has 1 aliphatic rings. The number of nitrogens with zero attached hydrogens (tertiary/aromatic N) is 6. The SMILES string of the molecule is Cn1ncc2c(NCc3ccnc(N4CCOCC4)c3)ncnc21. The lowest BCUT2D eigenvalue weighted by Gasteiger charge is -2.28. The molecule has 0 saturated carbocycles. The Morgan fingerprint density at radius 2 is 2.08 bits per heavy atom. The number of hydrogen-bond donors (Lipinski definition) is 1. The Morgan fingerprint density at radius 1 is 1.21 bits per heavy atom. The summed E-state index contributed by atoms with van der Waals surface area (Å²) in [7, 11) is 1.87. The fourth-order valence-corrected chi connectivity index (χ4v) is 2.82. The molecular formula is C16H19N7O. The van der Waals surface area contributed by atoms with Gasteiger partial charge < -0.3 is 15.0 Å². The van der Waals surface area contributed by atoms with Crippen LogP contribution in [-0.4, -0.2) is 51.0 Å². The summed E-state index contributed by atoms with van der Waals surface area (Å²) in [5, 5.41) is 8.52. The van der Waals surface area contributed by atoms with Crippen molar-refractivity contribution in [1.82, 2.24) is 24.7 Å². The third-order valence-corrected chi connectivity index (χ3v) is 4.13. The molecule has 0 amide bonds. The van der Waals surface area contributed by atoms with Gasteiger partial charge in [0.15, 0.2) is 5.65 Å². The molecule has 3 aromatic rings. The van der Waals surface area contributed by atoms with Gasteiger partial charge in [-0.1, -0.05) is 0 Å². The topological polar surface area (TPSA) is 81.0 Å². The van der Waals surface area contributed by atoms with E-state index in [2.05, 4.69) is 36.3 Å². The number of ether oxygens (including phenoxy) is 1. The van der Waals surface area contributed by atoms with Gasteiger partial charge >= 0.3 is 0 Å². The van der Waals surface area contributed by atoms with Crippen molar-refractivity contribution in [3.05, 3.63) is 36.4 Å². The second-order valence-corrected chi connectivity index (χ2v) is 5.70. The van der Waals surface area contributed by atoms with Crippen molar-refractivity contribution in [2.75, 3.05) is 36.5 Å². The Labute approximate surface area is 139 Å². The van der Waals surface area contributed by atoms with Gasteiger partial charge in [-0.05, 0) is 17.7 Å². The van der Waals surface area contributed by atoms with Crippen molar-refractivity contribution < 1.29 is 4.74 Å². The van der Waals surface area contributed by atoms with Crippen molar-refractivity contribution in [3.63, 3.8) is 0 Å². The van der Waals surface area contributed by atoms with Crippen molar-refractivity contribution in [1.29, 1.82) is 0 Å². The van der Waals surface area contributed by atoms with Gasteiger partial charge in [-0.2, -0.15) is 5.10 Å². The van der Waals surface area contributed by atoms with E-state index in [0.29, 0.717) is 6.54 Å². The van der Waals surface area contributed by atoms with Crippen LogP contribution in [0.1, 0.15) is 5.56 Å². The van der Waals surface area contributed by atoms with Crippen LogP contribution in [-0.2, 0) is 18.3 Å². The van der Waals surface area contributed by atoms with E-state index in [0.717, 1.165) is 54.5 Å². The molecule has 1 saturated heterocycles. The molecule has 0 aliphatic carbocycles. The fraction of sp³-hybridized carbons (Fsp3) is 0.375. The largest absolute Gasteiger partial charge is 0.378 e. The second kappa shape index (κ2) is 6.40.